The van der Waals surface area contributed by atoms with E-state index in [4.69, 9.17) is 27.9 Å². The molecule has 168 valence electrons. The number of nitrogens with zero attached hydrogens (tertiary/aromatic N) is 2. The molecule has 0 atom stereocenters. The molecule has 0 unspecified atom stereocenters. The lowest BCUT2D eigenvalue weighted by atomic mass is 10.0. The van der Waals surface area contributed by atoms with Gasteiger partial charge in [-0.25, -0.2) is 0 Å². The maximum Gasteiger partial charge on any atom is 0.416 e. The Labute approximate surface area is 206 Å². The van der Waals surface area contributed by atoms with E-state index in [9.17, 15) is 13.2 Å². The molecule has 4 aromatic rings. The number of halogens is 6. The van der Waals surface area contributed by atoms with Gasteiger partial charge in [0.1, 0.15) is 11.5 Å². The molecule has 0 aliphatic rings. The van der Waals surface area contributed by atoms with E-state index in [0.717, 1.165) is 27.7 Å². The highest BCUT2D eigenvalue weighted by Gasteiger charge is 2.30. The van der Waals surface area contributed by atoms with Gasteiger partial charge in [0, 0.05) is 21.5 Å². The van der Waals surface area contributed by atoms with Crippen molar-refractivity contribution in [2.75, 3.05) is 0 Å². The molecule has 1 aromatic heterocycles. The van der Waals surface area contributed by atoms with E-state index < -0.39 is 11.7 Å². The molecule has 3 nitrogen and oxygen atoms in total. The molecule has 0 radical (unpaired) electrons. The van der Waals surface area contributed by atoms with E-state index in [1.54, 1.807) is 24.4 Å². The highest BCUT2D eigenvalue weighted by molar-refractivity contribution is 9.10. The number of benzene rings is 3. The minimum absolute atomic E-state index is 0.0582. The smallest absolute Gasteiger partial charge is 0.416 e. The van der Waals surface area contributed by atoms with Gasteiger partial charge < -0.3 is 4.74 Å². The van der Waals surface area contributed by atoms with Crippen LogP contribution in [0.1, 0.15) is 16.7 Å². The second-order valence-corrected chi connectivity index (χ2v) is 8.86. The van der Waals surface area contributed by atoms with Crippen molar-refractivity contribution in [2.24, 2.45) is 0 Å². The highest BCUT2D eigenvalue weighted by atomic mass is 79.9. The zero-order chi connectivity index (χ0) is 23.6. The van der Waals surface area contributed by atoms with Crippen molar-refractivity contribution in [3.8, 4) is 22.8 Å². The van der Waals surface area contributed by atoms with Crippen LogP contribution < -0.4 is 4.74 Å². The van der Waals surface area contributed by atoms with Gasteiger partial charge in [0.15, 0.2) is 0 Å². The predicted octanol–water partition coefficient (Wildman–Crippen LogP) is 8.61. The van der Waals surface area contributed by atoms with Gasteiger partial charge in [-0.3, -0.25) is 0 Å². The van der Waals surface area contributed by atoms with Gasteiger partial charge in [-0.2, -0.15) is 23.4 Å². The Morgan fingerprint density at radius 2 is 1.67 bits per heavy atom. The molecule has 1 heterocycles. The fourth-order valence-corrected chi connectivity index (χ4v) is 4.11. The van der Waals surface area contributed by atoms with Crippen LogP contribution in [-0.4, -0.2) is 10.2 Å². The van der Waals surface area contributed by atoms with Gasteiger partial charge in [0.2, 0.25) is 0 Å². The molecule has 0 bridgehead atoms. The second-order valence-electron chi connectivity index (χ2n) is 7.13. The van der Waals surface area contributed by atoms with Crippen LogP contribution in [0.25, 0.3) is 11.3 Å². The Morgan fingerprint density at radius 3 is 2.42 bits per heavy atom. The summed E-state index contributed by atoms with van der Waals surface area (Å²) in [5.41, 5.74) is 2.04. The lowest BCUT2D eigenvalue weighted by Gasteiger charge is -2.12. The number of ether oxygens (including phenoxy) is 1. The molecule has 0 N–H and O–H groups in total. The van der Waals surface area contributed by atoms with E-state index >= 15 is 0 Å². The lowest BCUT2D eigenvalue weighted by Crippen LogP contribution is -2.04. The molecular weight excluding hydrogens is 540 g/mol. The largest absolute Gasteiger partial charge is 0.457 e. The summed E-state index contributed by atoms with van der Waals surface area (Å²) in [5, 5.41) is 9.26. The monoisotopic (exact) mass is 552 g/mol. The van der Waals surface area contributed by atoms with Crippen LogP contribution in [0.2, 0.25) is 10.0 Å². The lowest BCUT2D eigenvalue weighted by molar-refractivity contribution is -0.137. The Bertz CT molecular complexity index is 1320. The van der Waals surface area contributed by atoms with E-state index in [0.29, 0.717) is 33.5 Å². The first kappa shape index (κ1) is 23.5. The van der Waals surface area contributed by atoms with Gasteiger partial charge in [-0.1, -0.05) is 51.3 Å². The van der Waals surface area contributed by atoms with E-state index in [2.05, 4.69) is 26.1 Å². The minimum Gasteiger partial charge on any atom is -0.457 e. The SMILES string of the molecule is FC(F)(F)c1cccc(Oc2ccc(Cl)c(-c3cc(Cc4ccc(Br)cc4Cl)cnn3)c2)c1. The fraction of sp³-hybridized carbons (Fsp3) is 0.0833. The third-order valence-corrected chi connectivity index (χ3v) is 5.91. The van der Waals surface area contributed by atoms with Gasteiger partial charge >= 0.3 is 6.18 Å². The quantitative estimate of drug-likeness (QED) is 0.248. The molecule has 0 fully saturated rings. The Kier molecular flexibility index (Phi) is 6.93. The number of hydrogen-bond donors (Lipinski definition) is 0. The summed E-state index contributed by atoms with van der Waals surface area (Å²) in [7, 11) is 0. The average molecular weight is 554 g/mol. The van der Waals surface area contributed by atoms with Crippen LogP contribution in [0.3, 0.4) is 0 Å². The van der Waals surface area contributed by atoms with Crippen molar-refractivity contribution < 1.29 is 17.9 Å². The van der Waals surface area contributed by atoms with Gasteiger partial charge in [-0.15, -0.1) is 0 Å². The number of rotatable bonds is 5. The third kappa shape index (κ3) is 5.85. The molecule has 0 aliphatic carbocycles. The summed E-state index contributed by atoms with van der Waals surface area (Å²) in [4.78, 5) is 0. The third-order valence-electron chi connectivity index (χ3n) is 4.73. The second kappa shape index (κ2) is 9.71. The van der Waals surface area contributed by atoms with Gasteiger partial charge in [0.25, 0.3) is 0 Å². The fourth-order valence-electron chi connectivity index (χ4n) is 3.16. The topological polar surface area (TPSA) is 35.0 Å². The predicted molar refractivity (Wildman–Crippen MR) is 126 cm³/mol. The first-order valence-electron chi connectivity index (χ1n) is 9.59. The summed E-state index contributed by atoms with van der Waals surface area (Å²) in [6, 6.07) is 16.9. The summed E-state index contributed by atoms with van der Waals surface area (Å²) >= 11 is 16.1. The summed E-state index contributed by atoms with van der Waals surface area (Å²) in [6.07, 6.45) is -2.29. The Balaban J connectivity index is 1.61. The van der Waals surface area contributed by atoms with Crippen LogP contribution in [-0.2, 0) is 12.6 Å². The van der Waals surface area contributed by atoms with Crippen molar-refractivity contribution in [2.45, 2.75) is 12.6 Å². The highest BCUT2D eigenvalue weighted by Crippen LogP contribution is 2.35. The number of hydrogen-bond acceptors (Lipinski definition) is 3. The summed E-state index contributed by atoms with van der Waals surface area (Å²) in [5.74, 6) is 0.375. The normalized spacial score (nSPS) is 11.5. The van der Waals surface area contributed by atoms with Crippen LogP contribution >= 0.6 is 39.1 Å². The minimum atomic E-state index is -4.46. The molecule has 0 spiro atoms. The summed E-state index contributed by atoms with van der Waals surface area (Å²) < 4.78 is 45.5. The maximum absolute atomic E-state index is 13.0. The van der Waals surface area contributed by atoms with Crippen molar-refractivity contribution in [1.29, 1.82) is 0 Å². The van der Waals surface area contributed by atoms with E-state index in [-0.39, 0.29) is 5.75 Å². The number of aromatic nitrogens is 2. The molecular formula is C24H14BrCl2F3N2O. The molecule has 9 heteroatoms. The molecule has 0 aliphatic heterocycles. The molecule has 33 heavy (non-hydrogen) atoms. The Hall–Kier alpha value is -2.61. The zero-order valence-electron chi connectivity index (χ0n) is 16.7. The average Bonchev–Trinajstić information content (AvgIpc) is 2.77. The van der Waals surface area contributed by atoms with Crippen LogP contribution in [0.5, 0.6) is 11.5 Å². The zero-order valence-corrected chi connectivity index (χ0v) is 19.8. The van der Waals surface area contributed by atoms with Gasteiger partial charge in [0.05, 0.1) is 22.5 Å². The van der Waals surface area contributed by atoms with Crippen LogP contribution in [0.15, 0.2) is 77.4 Å². The van der Waals surface area contributed by atoms with Crippen molar-refractivity contribution in [1.82, 2.24) is 10.2 Å². The first-order valence-corrected chi connectivity index (χ1v) is 11.1. The van der Waals surface area contributed by atoms with Gasteiger partial charge in [-0.05, 0) is 65.7 Å². The van der Waals surface area contributed by atoms with Crippen LogP contribution in [0, 0.1) is 0 Å². The van der Waals surface area contributed by atoms with Crippen molar-refractivity contribution >= 4 is 39.1 Å². The summed E-state index contributed by atoms with van der Waals surface area (Å²) in [6.45, 7) is 0. The Morgan fingerprint density at radius 1 is 0.879 bits per heavy atom. The maximum atomic E-state index is 13.0. The molecule has 4 rings (SSSR count). The number of alkyl halides is 3. The van der Waals surface area contributed by atoms with Crippen molar-refractivity contribution in [3.05, 3.63) is 104 Å². The first-order chi connectivity index (χ1) is 15.7. The molecule has 3 aromatic carbocycles. The van der Waals surface area contributed by atoms with Crippen molar-refractivity contribution in [3.63, 3.8) is 0 Å². The van der Waals surface area contributed by atoms with E-state index in [1.165, 1.54) is 12.1 Å². The van der Waals surface area contributed by atoms with Crippen LogP contribution in [0.4, 0.5) is 13.2 Å². The molecule has 0 saturated heterocycles. The van der Waals surface area contributed by atoms with E-state index in [1.807, 2.05) is 24.3 Å². The standard InChI is InChI=1S/C24H14BrCl2F3N2O/c25-17-5-4-15(22(27)11-17)8-14-9-23(32-31-13-14)20-12-19(6-7-21(20)26)33-18-3-1-2-16(10-18)24(28,29)30/h1-7,9-13H,8H2. The molecule has 0 saturated carbocycles. The molecule has 0 amide bonds.